The van der Waals surface area contributed by atoms with Crippen molar-refractivity contribution in [1.29, 1.82) is 0 Å². The van der Waals surface area contributed by atoms with Crippen molar-refractivity contribution in [2.75, 3.05) is 11.9 Å². The summed E-state index contributed by atoms with van der Waals surface area (Å²) in [5.41, 5.74) is 1.93. The molecule has 3 rings (SSSR count). The minimum absolute atomic E-state index is 0.0524. The van der Waals surface area contributed by atoms with E-state index in [0.717, 1.165) is 0 Å². The van der Waals surface area contributed by atoms with Crippen LogP contribution in [0.3, 0.4) is 0 Å². The van der Waals surface area contributed by atoms with Gasteiger partial charge in [-0.3, -0.25) is 19.9 Å². The molecule has 1 aromatic carbocycles. The second-order valence-electron chi connectivity index (χ2n) is 5.55. The quantitative estimate of drug-likeness (QED) is 0.693. The van der Waals surface area contributed by atoms with Crippen LogP contribution in [0.2, 0.25) is 0 Å². The number of pyridine rings is 1. The van der Waals surface area contributed by atoms with Crippen LogP contribution in [0.1, 0.15) is 28.7 Å². The van der Waals surface area contributed by atoms with E-state index in [1.54, 1.807) is 25.3 Å². The van der Waals surface area contributed by atoms with Crippen LogP contribution < -0.4 is 5.32 Å². The largest absolute Gasteiger partial charge is 0.466 e. The highest BCUT2D eigenvalue weighted by atomic mass is 32.1. The van der Waals surface area contributed by atoms with E-state index in [2.05, 4.69) is 15.3 Å². The van der Waals surface area contributed by atoms with E-state index in [0.29, 0.717) is 39.6 Å². The van der Waals surface area contributed by atoms with Crippen molar-refractivity contribution in [2.45, 2.75) is 20.3 Å². The molecule has 1 N–H and O–H groups in total. The number of rotatable bonds is 5. The molecule has 8 heteroatoms. The summed E-state index contributed by atoms with van der Waals surface area (Å²) in [4.78, 5) is 32.6. The predicted octanol–water partition coefficient (Wildman–Crippen LogP) is 3.50. The SMILES string of the molecule is CCOC(=O)Cc1csc(NC(=O)c2cc(C)nc3cc(F)ccc23)n1. The molecule has 0 fully saturated rings. The summed E-state index contributed by atoms with van der Waals surface area (Å²) in [6, 6.07) is 5.75. The Kier molecular flexibility index (Phi) is 5.22. The number of hydrogen-bond donors (Lipinski definition) is 1. The Morgan fingerprint density at radius 2 is 2.08 bits per heavy atom. The van der Waals surface area contributed by atoms with Crippen molar-refractivity contribution in [1.82, 2.24) is 9.97 Å². The van der Waals surface area contributed by atoms with Crippen LogP contribution in [0.4, 0.5) is 9.52 Å². The molecular formula is C18H16FN3O3S. The molecule has 0 unspecified atom stereocenters. The average Bonchev–Trinajstić information content (AvgIpc) is 3.00. The zero-order chi connectivity index (χ0) is 18.7. The molecule has 0 aliphatic rings. The number of nitrogens with zero attached hydrogens (tertiary/aromatic N) is 2. The maximum absolute atomic E-state index is 13.4. The van der Waals surface area contributed by atoms with Crippen LogP contribution in [0.5, 0.6) is 0 Å². The Morgan fingerprint density at radius 3 is 2.85 bits per heavy atom. The number of aryl methyl sites for hydroxylation is 1. The highest BCUT2D eigenvalue weighted by Gasteiger charge is 2.15. The van der Waals surface area contributed by atoms with Gasteiger partial charge in [-0.1, -0.05) is 0 Å². The molecule has 0 bridgehead atoms. The molecule has 1 amide bonds. The number of anilines is 1. The summed E-state index contributed by atoms with van der Waals surface area (Å²) in [6.45, 7) is 3.78. The van der Waals surface area contributed by atoms with Gasteiger partial charge >= 0.3 is 5.97 Å². The third-order valence-electron chi connectivity index (χ3n) is 3.55. The van der Waals surface area contributed by atoms with Crippen LogP contribution in [0, 0.1) is 12.7 Å². The molecule has 0 atom stereocenters. The molecular weight excluding hydrogens is 357 g/mol. The maximum Gasteiger partial charge on any atom is 0.311 e. The van der Waals surface area contributed by atoms with E-state index >= 15 is 0 Å². The highest BCUT2D eigenvalue weighted by molar-refractivity contribution is 7.14. The summed E-state index contributed by atoms with van der Waals surface area (Å²) < 4.78 is 18.3. The molecule has 134 valence electrons. The summed E-state index contributed by atoms with van der Waals surface area (Å²) in [7, 11) is 0. The molecule has 0 aliphatic heterocycles. The van der Waals surface area contributed by atoms with Crippen LogP contribution in [0.25, 0.3) is 10.9 Å². The predicted molar refractivity (Wildman–Crippen MR) is 96.8 cm³/mol. The third kappa shape index (κ3) is 4.02. The van der Waals surface area contributed by atoms with Crippen molar-refractivity contribution < 1.29 is 18.7 Å². The van der Waals surface area contributed by atoms with E-state index in [-0.39, 0.29) is 18.3 Å². The summed E-state index contributed by atoms with van der Waals surface area (Å²) >= 11 is 1.22. The smallest absolute Gasteiger partial charge is 0.311 e. The lowest BCUT2D eigenvalue weighted by Crippen LogP contribution is -2.13. The van der Waals surface area contributed by atoms with Gasteiger partial charge in [-0.2, -0.15) is 0 Å². The maximum atomic E-state index is 13.4. The van der Waals surface area contributed by atoms with Gasteiger partial charge in [0.05, 0.1) is 29.8 Å². The number of halogens is 1. The highest BCUT2D eigenvalue weighted by Crippen LogP contribution is 2.22. The lowest BCUT2D eigenvalue weighted by molar-refractivity contribution is -0.142. The molecule has 0 saturated carbocycles. The fourth-order valence-electron chi connectivity index (χ4n) is 2.49. The number of nitrogens with one attached hydrogen (secondary N) is 1. The molecule has 0 radical (unpaired) electrons. The van der Waals surface area contributed by atoms with Crippen LogP contribution >= 0.6 is 11.3 Å². The zero-order valence-corrected chi connectivity index (χ0v) is 15.0. The number of thiazole rings is 1. The summed E-state index contributed by atoms with van der Waals surface area (Å²) in [5.74, 6) is -1.15. The van der Waals surface area contributed by atoms with E-state index in [4.69, 9.17) is 4.74 Å². The number of carbonyl (C=O) groups is 2. The van der Waals surface area contributed by atoms with E-state index in [9.17, 15) is 14.0 Å². The van der Waals surface area contributed by atoms with Gasteiger partial charge in [0.1, 0.15) is 5.82 Å². The minimum atomic E-state index is -0.412. The van der Waals surface area contributed by atoms with Crippen LogP contribution in [0.15, 0.2) is 29.6 Å². The molecule has 0 spiro atoms. The van der Waals surface area contributed by atoms with Gasteiger partial charge < -0.3 is 4.74 Å². The van der Waals surface area contributed by atoms with Gasteiger partial charge in [0.2, 0.25) is 0 Å². The van der Waals surface area contributed by atoms with E-state index < -0.39 is 5.82 Å². The average molecular weight is 373 g/mol. The Labute approximate surface area is 153 Å². The standard InChI is InChI=1S/C18H16FN3O3S/c1-3-25-16(23)8-12-9-26-18(21-12)22-17(24)14-6-10(2)20-15-7-11(19)4-5-13(14)15/h4-7,9H,3,8H2,1-2H3,(H,21,22,24). The lowest BCUT2D eigenvalue weighted by Gasteiger charge is -2.07. The molecule has 2 heterocycles. The topological polar surface area (TPSA) is 81.2 Å². The molecule has 2 aromatic heterocycles. The zero-order valence-electron chi connectivity index (χ0n) is 14.2. The number of amides is 1. The molecule has 6 nitrogen and oxygen atoms in total. The van der Waals surface area contributed by atoms with Crippen molar-refractivity contribution in [3.63, 3.8) is 0 Å². The number of aromatic nitrogens is 2. The molecule has 0 saturated heterocycles. The second-order valence-corrected chi connectivity index (χ2v) is 6.41. The van der Waals surface area contributed by atoms with Gasteiger partial charge in [0.15, 0.2) is 5.13 Å². The minimum Gasteiger partial charge on any atom is -0.466 e. The van der Waals surface area contributed by atoms with E-state index in [1.807, 2.05) is 0 Å². The van der Waals surface area contributed by atoms with Gasteiger partial charge in [0, 0.05) is 22.5 Å². The summed E-state index contributed by atoms with van der Waals surface area (Å²) in [6.07, 6.45) is 0.0524. The van der Waals surface area contributed by atoms with Crippen molar-refractivity contribution >= 4 is 39.2 Å². The third-order valence-corrected chi connectivity index (χ3v) is 4.35. The van der Waals surface area contributed by atoms with Gasteiger partial charge in [-0.25, -0.2) is 9.37 Å². The van der Waals surface area contributed by atoms with Gasteiger partial charge in [0.25, 0.3) is 5.91 Å². The fourth-order valence-corrected chi connectivity index (χ4v) is 3.20. The first-order valence-corrected chi connectivity index (χ1v) is 8.82. The number of hydrogen-bond acceptors (Lipinski definition) is 6. The normalized spacial score (nSPS) is 10.7. The van der Waals surface area contributed by atoms with Crippen molar-refractivity contribution in [3.8, 4) is 0 Å². The summed E-state index contributed by atoms with van der Waals surface area (Å²) in [5, 5.41) is 5.33. The number of fused-ring (bicyclic) bond motifs is 1. The molecule has 26 heavy (non-hydrogen) atoms. The van der Waals surface area contributed by atoms with Crippen molar-refractivity contribution in [3.05, 3.63) is 52.4 Å². The first kappa shape index (κ1) is 17.9. The van der Waals surface area contributed by atoms with E-state index in [1.165, 1.54) is 29.5 Å². The number of esters is 1. The first-order chi connectivity index (χ1) is 12.5. The van der Waals surface area contributed by atoms with Crippen LogP contribution in [-0.4, -0.2) is 28.5 Å². The second kappa shape index (κ2) is 7.57. The fraction of sp³-hybridized carbons (Fsp3) is 0.222. The molecule has 3 aromatic rings. The Bertz CT molecular complexity index is 982. The van der Waals surface area contributed by atoms with Crippen LogP contribution in [-0.2, 0) is 16.0 Å². The Morgan fingerprint density at radius 1 is 1.27 bits per heavy atom. The number of carbonyl (C=O) groups excluding carboxylic acids is 2. The van der Waals surface area contributed by atoms with Gasteiger partial charge in [-0.05, 0) is 32.0 Å². The number of benzene rings is 1. The number of ether oxygens (including phenoxy) is 1. The monoisotopic (exact) mass is 373 g/mol. The lowest BCUT2D eigenvalue weighted by atomic mass is 10.1. The Balaban J connectivity index is 1.82. The first-order valence-electron chi connectivity index (χ1n) is 7.94. The van der Waals surface area contributed by atoms with Crippen molar-refractivity contribution in [2.24, 2.45) is 0 Å². The molecule has 0 aliphatic carbocycles. The van der Waals surface area contributed by atoms with Gasteiger partial charge in [-0.15, -0.1) is 11.3 Å². The Hall–Kier alpha value is -2.87.